The summed E-state index contributed by atoms with van der Waals surface area (Å²) in [6.07, 6.45) is -5.61. The zero-order valence-corrected chi connectivity index (χ0v) is 22.2. The Morgan fingerprint density at radius 3 is 1.19 bits per heavy atom. The van der Waals surface area contributed by atoms with Gasteiger partial charge < -0.3 is 23.7 Å². The lowest BCUT2D eigenvalue weighted by Crippen LogP contribution is -2.58. The Kier molecular flexibility index (Phi) is 9.00. The van der Waals surface area contributed by atoms with Crippen LogP contribution in [0.4, 0.5) is 0 Å². The fraction of sp³-hybridized carbons (Fsp3) is 0.152. The van der Waals surface area contributed by atoms with Gasteiger partial charge in [0.25, 0.3) is 0 Å². The normalized spacial score (nSPS) is 19.6. The standard InChI is InChI=1S/C33H26O9/c34-29(22-13-5-1-6-14-22)39-26-21-38-33(42-32(37)25-19-11-4-12-20-25)28(41-31(36)24-17-9-3-10-18-24)27(26)40-30(35)23-15-7-2-8-16-23/h1-20,26-28,33H,21H2. The molecule has 1 fully saturated rings. The monoisotopic (exact) mass is 566 g/mol. The molecule has 0 bridgehead atoms. The van der Waals surface area contributed by atoms with E-state index in [0.29, 0.717) is 0 Å². The third-order valence-corrected chi connectivity index (χ3v) is 6.39. The van der Waals surface area contributed by atoms with Crippen LogP contribution in [0, 0.1) is 0 Å². The molecule has 0 N–H and O–H groups in total. The van der Waals surface area contributed by atoms with Crippen LogP contribution >= 0.6 is 0 Å². The molecule has 42 heavy (non-hydrogen) atoms. The summed E-state index contributed by atoms with van der Waals surface area (Å²) in [6, 6.07) is 32.6. The van der Waals surface area contributed by atoms with Gasteiger partial charge in [-0.3, -0.25) is 0 Å². The predicted octanol–water partition coefficient (Wildman–Crippen LogP) is 4.88. The number of carbonyl (C=O) groups excluding carboxylic acids is 4. The zero-order chi connectivity index (χ0) is 29.3. The zero-order valence-electron chi connectivity index (χ0n) is 22.2. The maximum absolute atomic E-state index is 13.2. The highest BCUT2D eigenvalue weighted by molar-refractivity contribution is 5.91. The summed E-state index contributed by atoms with van der Waals surface area (Å²) in [5.41, 5.74) is 0.885. The van der Waals surface area contributed by atoms with Gasteiger partial charge in [-0.15, -0.1) is 0 Å². The van der Waals surface area contributed by atoms with Crippen molar-refractivity contribution in [2.24, 2.45) is 0 Å². The fourth-order valence-electron chi connectivity index (χ4n) is 4.27. The molecule has 212 valence electrons. The molecule has 1 aliphatic heterocycles. The van der Waals surface area contributed by atoms with E-state index in [0.717, 1.165) is 0 Å². The fourth-order valence-corrected chi connectivity index (χ4v) is 4.27. The number of ether oxygens (including phenoxy) is 5. The lowest BCUT2D eigenvalue weighted by atomic mass is 10.0. The molecule has 4 unspecified atom stereocenters. The predicted molar refractivity (Wildman–Crippen MR) is 149 cm³/mol. The van der Waals surface area contributed by atoms with E-state index in [1.807, 2.05) is 0 Å². The summed E-state index contributed by atoms with van der Waals surface area (Å²) >= 11 is 0. The second-order valence-corrected chi connectivity index (χ2v) is 9.25. The van der Waals surface area contributed by atoms with Crippen LogP contribution in [0.2, 0.25) is 0 Å². The molecule has 4 aromatic carbocycles. The highest BCUT2D eigenvalue weighted by Gasteiger charge is 2.50. The number of hydrogen-bond acceptors (Lipinski definition) is 9. The van der Waals surface area contributed by atoms with E-state index < -0.39 is 48.5 Å². The molecule has 9 heteroatoms. The highest BCUT2D eigenvalue weighted by atomic mass is 16.7. The Morgan fingerprint density at radius 2 is 0.786 bits per heavy atom. The quantitative estimate of drug-likeness (QED) is 0.218. The third kappa shape index (κ3) is 6.89. The second kappa shape index (κ2) is 13.4. The Hall–Kier alpha value is -5.28. The minimum Gasteiger partial charge on any atom is -0.452 e. The van der Waals surface area contributed by atoms with Crippen LogP contribution in [0.5, 0.6) is 0 Å². The summed E-state index contributed by atoms with van der Waals surface area (Å²) in [4.78, 5) is 52.4. The van der Waals surface area contributed by atoms with Crippen LogP contribution in [-0.2, 0) is 23.7 Å². The van der Waals surface area contributed by atoms with Gasteiger partial charge in [-0.1, -0.05) is 72.8 Å². The van der Waals surface area contributed by atoms with E-state index >= 15 is 0 Å². The Bertz CT molecular complexity index is 1390. The molecular weight excluding hydrogens is 540 g/mol. The second-order valence-electron chi connectivity index (χ2n) is 9.25. The summed E-state index contributed by atoms with van der Waals surface area (Å²) in [5.74, 6) is -3.02. The van der Waals surface area contributed by atoms with E-state index in [9.17, 15) is 19.2 Å². The summed E-state index contributed by atoms with van der Waals surface area (Å²) < 4.78 is 28.7. The molecule has 0 amide bonds. The lowest BCUT2D eigenvalue weighted by Gasteiger charge is -2.40. The maximum Gasteiger partial charge on any atom is 0.340 e. The van der Waals surface area contributed by atoms with Gasteiger partial charge in [0.1, 0.15) is 0 Å². The maximum atomic E-state index is 13.2. The minimum atomic E-state index is -1.50. The number of rotatable bonds is 8. The van der Waals surface area contributed by atoms with E-state index in [1.165, 1.54) is 12.1 Å². The summed E-state index contributed by atoms with van der Waals surface area (Å²) in [5, 5.41) is 0. The van der Waals surface area contributed by atoms with Crippen LogP contribution in [0.3, 0.4) is 0 Å². The molecular formula is C33H26O9. The molecule has 0 saturated carbocycles. The van der Waals surface area contributed by atoms with Crippen molar-refractivity contribution in [3.8, 4) is 0 Å². The van der Waals surface area contributed by atoms with Crippen LogP contribution in [0.1, 0.15) is 41.4 Å². The Labute approximate surface area is 241 Å². The molecule has 5 rings (SSSR count). The van der Waals surface area contributed by atoms with E-state index in [2.05, 4.69) is 0 Å². The lowest BCUT2D eigenvalue weighted by molar-refractivity contribution is -0.250. The first kappa shape index (κ1) is 28.3. The average molecular weight is 567 g/mol. The van der Waals surface area contributed by atoms with Crippen molar-refractivity contribution in [1.29, 1.82) is 0 Å². The molecule has 4 atom stereocenters. The highest BCUT2D eigenvalue weighted by Crippen LogP contribution is 2.28. The van der Waals surface area contributed by atoms with Gasteiger partial charge in [0.05, 0.1) is 28.9 Å². The minimum absolute atomic E-state index is 0.196. The van der Waals surface area contributed by atoms with Gasteiger partial charge in [-0.25, -0.2) is 19.2 Å². The van der Waals surface area contributed by atoms with Gasteiger partial charge in [-0.05, 0) is 48.5 Å². The van der Waals surface area contributed by atoms with E-state index in [-0.39, 0.29) is 28.9 Å². The third-order valence-electron chi connectivity index (χ3n) is 6.39. The van der Waals surface area contributed by atoms with Gasteiger partial charge in [-0.2, -0.15) is 0 Å². The van der Waals surface area contributed by atoms with Gasteiger partial charge in [0, 0.05) is 0 Å². The van der Waals surface area contributed by atoms with Crippen LogP contribution < -0.4 is 0 Å². The first-order valence-electron chi connectivity index (χ1n) is 13.2. The van der Waals surface area contributed by atoms with Gasteiger partial charge in [0.2, 0.25) is 12.4 Å². The van der Waals surface area contributed by atoms with Crippen molar-refractivity contribution >= 4 is 23.9 Å². The van der Waals surface area contributed by atoms with Gasteiger partial charge >= 0.3 is 23.9 Å². The molecule has 1 heterocycles. The number of hydrogen-bond donors (Lipinski definition) is 0. The number of benzene rings is 4. The number of esters is 4. The molecule has 0 aromatic heterocycles. The van der Waals surface area contributed by atoms with Crippen molar-refractivity contribution in [3.63, 3.8) is 0 Å². The van der Waals surface area contributed by atoms with Crippen LogP contribution in [0.25, 0.3) is 0 Å². The van der Waals surface area contributed by atoms with Gasteiger partial charge in [0.15, 0.2) is 12.2 Å². The molecule has 0 aliphatic carbocycles. The average Bonchev–Trinajstić information content (AvgIpc) is 3.05. The smallest absolute Gasteiger partial charge is 0.340 e. The van der Waals surface area contributed by atoms with Crippen molar-refractivity contribution in [2.45, 2.75) is 24.6 Å². The van der Waals surface area contributed by atoms with E-state index in [4.69, 9.17) is 23.7 Å². The largest absolute Gasteiger partial charge is 0.452 e. The van der Waals surface area contributed by atoms with Crippen molar-refractivity contribution in [2.75, 3.05) is 6.61 Å². The molecule has 9 nitrogen and oxygen atoms in total. The molecule has 1 saturated heterocycles. The molecule has 4 aromatic rings. The molecule has 0 spiro atoms. The van der Waals surface area contributed by atoms with E-state index in [1.54, 1.807) is 109 Å². The topological polar surface area (TPSA) is 114 Å². The first-order valence-corrected chi connectivity index (χ1v) is 13.2. The van der Waals surface area contributed by atoms with Crippen molar-refractivity contribution in [3.05, 3.63) is 144 Å². The SMILES string of the molecule is O=C(OC1COC(OC(=O)c2ccccc2)C(OC(=O)c2ccccc2)C1OC(=O)c1ccccc1)c1ccccc1. The van der Waals surface area contributed by atoms with Crippen molar-refractivity contribution in [1.82, 2.24) is 0 Å². The molecule has 1 aliphatic rings. The van der Waals surface area contributed by atoms with Crippen LogP contribution in [-0.4, -0.2) is 55.1 Å². The summed E-state index contributed by atoms with van der Waals surface area (Å²) in [6.45, 7) is -0.322. The van der Waals surface area contributed by atoms with Crippen LogP contribution in [0.15, 0.2) is 121 Å². The molecule has 0 radical (unpaired) electrons. The van der Waals surface area contributed by atoms with Crippen molar-refractivity contribution < 1.29 is 42.9 Å². The number of carbonyl (C=O) groups is 4. The first-order chi connectivity index (χ1) is 20.5. The summed E-state index contributed by atoms with van der Waals surface area (Å²) in [7, 11) is 0. The Balaban J connectivity index is 1.48. The Morgan fingerprint density at radius 1 is 0.452 bits per heavy atom.